The molecule has 0 bridgehead atoms. The van der Waals surface area contributed by atoms with Crippen molar-refractivity contribution in [1.29, 1.82) is 0 Å². The summed E-state index contributed by atoms with van der Waals surface area (Å²) in [6.07, 6.45) is -11.6. The molecule has 20 heteroatoms. The zero-order valence-corrected chi connectivity index (χ0v) is 23.5. The average molecular weight is 732 g/mol. The number of aromatic nitrogens is 7. The lowest BCUT2D eigenvalue weighted by molar-refractivity contribution is -0.351. The van der Waals surface area contributed by atoms with Gasteiger partial charge in [-0.15, -0.1) is 10.2 Å². The van der Waals surface area contributed by atoms with Crippen LogP contribution in [0.25, 0.3) is 5.82 Å². The molecule has 0 unspecified atom stereocenters. The maximum Gasteiger partial charge on any atom is 0.439 e. The first-order chi connectivity index (χ1) is 19.4. The van der Waals surface area contributed by atoms with Crippen molar-refractivity contribution in [2.45, 2.75) is 31.5 Å². The van der Waals surface area contributed by atoms with Gasteiger partial charge in [0.15, 0.2) is 5.82 Å². The summed E-state index contributed by atoms with van der Waals surface area (Å²) in [5.74, 6) is -4.11. The predicted octanol–water partition coefficient (Wildman–Crippen LogP) is 4.51. The number of carbonyl (C=O) groups excluding carboxylic acids is 2. The largest absolute Gasteiger partial charge is 0.439 e. The van der Waals surface area contributed by atoms with Crippen LogP contribution in [0.4, 0.5) is 36.4 Å². The van der Waals surface area contributed by atoms with E-state index in [0.717, 1.165) is 10.7 Å². The van der Waals surface area contributed by atoms with Crippen molar-refractivity contribution >= 4 is 51.7 Å². The van der Waals surface area contributed by atoms with Crippen molar-refractivity contribution in [2.75, 3.05) is 5.32 Å². The number of alkyl halides is 7. The highest BCUT2D eigenvalue weighted by Crippen LogP contribution is 2.51. The minimum Gasteiger partial charge on any atom is -0.366 e. The van der Waals surface area contributed by atoms with E-state index in [2.05, 4.69) is 30.8 Å². The van der Waals surface area contributed by atoms with Crippen molar-refractivity contribution in [3.8, 4) is 5.82 Å². The maximum absolute atomic E-state index is 14.3. The van der Waals surface area contributed by atoms with Crippen molar-refractivity contribution in [3.05, 3.63) is 73.5 Å². The summed E-state index contributed by atoms with van der Waals surface area (Å²) >= 11 is 8.15. The lowest BCUT2D eigenvalue weighted by atomic mass is 10.1. The van der Waals surface area contributed by atoms with Crippen molar-refractivity contribution in [3.63, 3.8) is 0 Å². The molecule has 0 spiro atoms. The Morgan fingerprint density at radius 1 is 1.07 bits per heavy atom. The first kappa shape index (κ1) is 31.1. The summed E-state index contributed by atoms with van der Waals surface area (Å²) in [6.45, 7) is 0.842. The maximum atomic E-state index is 14.3. The molecule has 0 aliphatic rings. The van der Waals surface area contributed by atoms with E-state index in [0.29, 0.717) is 9.13 Å². The van der Waals surface area contributed by atoms with E-state index in [-0.39, 0.29) is 38.3 Å². The number of anilines is 1. The van der Waals surface area contributed by atoms with Gasteiger partial charge in [0, 0.05) is 9.77 Å². The fourth-order valence-electron chi connectivity index (χ4n) is 3.65. The highest BCUT2D eigenvalue weighted by Gasteiger charge is 2.76. The number of hydrogen-bond donors (Lipinski definition) is 2. The number of benzene rings is 1. The summed E-state index contributed by atoms with van der Waals surface area (Å²) in [7, 11) is 0. The Balaban J connectivity index is 1.76. The van der Waals surface area contributed by atoms with Gasteiger partial charge < -0.3 is 11.1 Å². The number of pyridine rings is 1. The smallest absolute Gasteiger partial charge is 0.366 e. The molecule has 42 heavy (non-hydrogen) atoms. The minimum atomic E-state index is -6.45. The van der Waals surface area contributed by atoms with E-state index < -0.39 is 42.2 Å². The quantitative estimate of drug-likeness (QED) is 0.210. The molecule has 222 valence electrons. The number of nitrogens with zero attached hydrogens (tertiary/aromatic N) is 7. The van der Waals surface area contributed by atoms with Crippen LogP contribution in [0.1, 0.15) is 37.9 Å². The molecular formula is C22H14ClF7IN9O2. The van der Waals surface area contributed by atoms with Crippen LogP contribution < -0.4 is 11.1 Å². The minimum absolute atomic E-state index is 0.00297. The first-order valence-electron chi connectivity index (χ1n) is 11.2. The molecular weight excluding hydrogens is 718 g/mol. The second-order valence-corrected chi connectivity index (χ2v) is 10.2. The van der Waals surface area contributed by atoms with Crippen LogP contribution in [0.3, 0.4) is 0 Å². The fourth-order valence-corrected chi connectivity index (χ4v) is 4.63. The van der Waals surface area contributed by atoms with Gasteiger partial charge in [0.2, 0.25) is 5.82 Å². The Hall–Kier alpha value is -3.88. The Labute approximate surface area is 248 Å². The van der Waals surface area contributed by atoms with Crippen molar-refractivity contribution < 1.29 is 40.3 Å². The van der Waals surface area contributed by atoms with Gasteiger partial charge in [-0.05, 0) is 70.6 Å². The molecule has 0 saturated heterocycles. The topological polar surface area (TPSA) is 146 Å². The second-order valence-electron chi connectivity index (χ2n) is 8.50. The van der Waals surface area contributed by atoms with E-state index in [1.807, 2.05) is 22.6 Å². The highest BCUT2D eigenvalue weighted by molar-refractivity contribution is 14.1. The Kier molecular flexibility index (Phi) is 8.19. The third-order valence-corrected chi connectivity index (χ3v) is 6.50. The third kappa shape index (κ3) is 5.74. The number of nitrogens with two attached hydrogens (primary N) is 1. The van der Waals surface area contributed by atoms with Crippen LogP contribution in [0, 0.1) is 10.5 Å². The van der Waals surface area contributed by atoms with Gasteiger partial charge in [0.25, 0.3) is 11.8 Å². The number of carbonyl (C=O) groups is 2. The standard InChI is InChI=1S/C22H14ClF7IN9O2/c1-9-5-10(31)6-12(16(32)41)15(9)34-18(42)14-7-11(36-40(14)17-13(23)3-2-4-33-17)8-39-37-19(35-38-39)20(24,21(25,26)27)22(28,29)30/h2-7H,8H2,1H3,(H2,32,41)(H,34,42). The van der Waals surface area contributed by atoms with Gasteiger partial charge in [0.05, 0.1) is 22.0 Å². The molecule has 3 aromatic heterocycles. The molecule has 0 atom stereocenters. The normalized spacial score (nSPS) is 12.4. The Morgan fingerprint density at radius 2 is 1.74 bits per heavy atom. The molecule has 3 heterocycles. The molecule has 0 saturated carbocycles. The van der Waals surface area contributed by atoms with E-state index >= 15 is 0 Å². The molecule has 4 aromatic rings. The molecule has 0 aliphatic carbocycles. The Bertz CT molecular complexity index is 1670. The Morgan fingerprint density at radius 3 is 2.33 bits per heavy atom. The average Bonchev–Trinajstić information content (AvgIpc) is 3.51. The third-order valence-electron chi connectivity index (χ3n) is 5.58. The fraction of sp³-hybridized carbons (Fsp3) is 0.227. The summed E-state index contributed by atoms with van der Waals surface area (Å²) in [6, 6.07) is 7.04. The van der Waals surface area contributed by atoms with Crippen molar-refractivity contribution in [2.24, 2.45) is 5.73 Å². The van der Waals surface area contributed by atoms with Crippen molar-refractivity contribution in [1.82, 2.24) is 35.0 Å². The van der Waals surface area contributed by atoms with Crippen LogP contribution in [-0.4, -0.2) is 59.1 Å². The number of halogens is 9. The summed E-state index contributed by atoms with van der Waals surface area (Å²) < 4.78 is 94.4. The molecule has 0 fully saturated rings. The first-order valence-corrected chi connectivity index (χ1v) is 12.6. The second kappa shape index (κ2) is 11.1. The van der Waals surface area contributed by atoms with E-state index in [9.17, 15) is 40.3 Å². The summed E-state index contributed by atoms with van der Waals surface area (Å²) in [5, 5.41) is 15.3. The summed E-state index contributed by atoms with van der Waals surface area (Å²) in [4.78, 5) is 29.7. The molecule has 2 amide bonds. The van der Waals surface area contributed by atoms with Gasteiger partial charge in [-0.25, -0.2) is 14.1 Å². The number of aryl methyl sites for hydroxylation is 1. The molecule has 11 nitrogen and oxygen atoms in total. The van der Waals surface area contributed by atoms with Crippen LogP contribution in [-0.2, 0) is 12.2 Å². The lowest BCUT2D eigenvalue weighted by Crippen LogP contribution is -2.51. The van der Waals surface area contributed by atoms with Crippen LogP contribution in [0.2, 0.25) is 5.02 Å². The molecule has 0 radical (unpaired) electrons. The van der Waals surface area contributed by atoms with E-state index in [1.165, 1.54) is 24.4 Å². The molecule has 1 aromatic carbocycles. The SMILES string of the molecule is Cc1cc(I)cc(C(N)=O)c1NC(=O)c1cc(Cn2nnc(C(F)(C(F)(F)F)C(F)(F)F)n2)nn1-c1ncccc1Cl. The zero-order chi connectivity index (χ0) is 31.2. The number of hydrogen-bond acceptors (Lipinski definition) is 7. The van der Waals surface area contributed by atoms with Gasteiger partial charge >= 0.3 is 18.0 Å². The van der Waals surface area contributed by atoms with Gasteiger partial charge in [-0.1, -0.05) is 11.6 Å². The number of amides is 2. The monoisotopic (exact) mass is 731 g/mol. The van der Waals surface area contributed by atoms with E-state index in [1.54, 1.807) is 13.0 Å². The van der Waals surface area contributed by atoms with Crippen LogP contribution >= 0.6 is 34.2 Å². The number of tetrazole rings is 1. The lowest BCUT2D eigenvalue weighted by Gasteiger charge is -2.26. The van der Waals surface area contributed by atoms with Gasteiger partial charge in [-0.3, -0.25) is 9.59 Å². The highest BCUT2D eigenvalue weighted by atomic mass is 127. The van der Waals surface area contributed by atoms with Crippen LogP contribution in [0.5, 0.6) is 0 Å². The van der Waals surface area contributed by atoms with Gasteiger partial charge in [0.1, 0.15) is 12.2 Å². The number of rotatable bonds is 7. The summed E-state index contributed by atoms with van der Waals surface area (Å²) in [5.41, 5.74) is -0.415. The molecule has 3 N–H and O–H groups in total. The van der Waals surface area contributed by atoms with Gasteiger partial charge in [-0.2, -0.15) is 36.2 Å². The van der Waals surface area contributed by atoms with E-state index in [4.69, 9.17) is 17.3 Å². The molecule has 4 rings (SSSR count). The zero-order valence-electron chi connectivity index (χ0n) is 20.6. The predicted molar refractivity (Wildman–Crippen MR) is 139 cm³/mol. The van der Waals surface area contributed by atoms with Crippen LogP contribution in [0.15, 0.2) is 36.5 Å². The molecule has 0 aliphatic heterocycles. The number of nitrogens with one attached hydrogen (secondary N) is 1. The number of primary amides is 1.